The van der Waals surface area contributed by atoms with Gasteiger partial charge in [-0.25, -0.2) is 0 Å². The Balaban J connectivity index is 2.41. The van der Waals surface area contributed by atoms with E-state index in [4.69, 9.17) is 11.6 Å². The Morgan fingerprint density at radius 1 is 0.905 bits per heavy atom. The van der Waals surface area contributed by atoms with Crippen LogP contribution >= 0.6 is 11.6 Å². The maximum Gasteiger partial charge on any atom is 0.0577 e. The second kappa shape index (κ2) is 7.11. The smallest absolute Gasteiger partial charge is 0.0577 e. The summed E-state index contributed by atoms with van der Waals surface area (Å²) in [5, 5.41) is 4.47. The second-order valence-electron chi connectivity index (χ2n) is 5.74. The van der Waals surface area contributed by atoms with Gasteiger partial charge in [0.1, 0.15) is 0 Å². The van der Waals surface area contributed by atoms with Crippen LogP contribution in [0.4, 0.5) is 0 Å². The summed E-state index contributed by atoms with van der Waals surface area (Å²) in [6.45, 7) is 9.53. The molecule has 0 aromatic heterocycles. The van der Waals surface area contributed by atoms with Crippen molar-refractivity contribution in [2.75, 3.05) is 6.54 Å². The summed E-state index contributed by atoms with van der Waals surface area (Å²) in [4.78, 5) is 0. The Labute approximate surface area is 133 Å². The second-order valence-corrected chi connectivity index (χ2v) is 6.15. The first-order valence-electron chi connectivity index (χ1n) is 7.59. The fraction of sp³-hybridized carbons (Fsp3) is 0.368. The molecule has 0 aliphatic rings. The van der Waals surface area contributed by atoms with E-state index >= 15 is 0 Å². The van der Waals surface area contributed by atoms with Crippen molar-refractivity contribution >= 4 is 11.6 Å². The molecular formula is C19H24ClN. The van der Waals surface area contributed by atoms with Gasteiger partial charge >= 0.3 is 0 Å². The van der Waals surface area contributed by atoms with Crippen molar-refractivity contribution in [1.29, 1.82) is 0 Å². The molecule has 0 fully saturated rings. The average Bonchev–Trinajstić information content (AvgIpc) is 2.46. The standard InChI is InChI=1S/C19H24ClN/c1-5-10-21-19(16-8-6-13(2)15(4)11-16)17-9-7-14(3)18(20)12-17/h6-9,11-12,19,21H,5,10H2,1-4H3. The third-order valence-corrected chi connectivity index (χ3v) is 4.40. The molecule has 112 valence electrons. The minimum atomic E-state index is 0.197. The van der Waals surface area contributed by atoms with E-state index in [-0.39, 0.29) is 6.04 Å². The average molecular weight is 302 g/mol. The van der Waals surface area contributed by atoms with E-state index in [0.717, 1.165) is 23.6 Å². The van der Waals surface area contributed by atoms with E-state index in [2.05, 4.69) is 62.5 Å². The van der Waals surface area contributed by atoms with Crippen molar-refractivity contribution in [1.82, 2.24) is 5.32 Å². The van der Waals surface area contributed by atoms with Crippen molar-refractivity contribution < 1.29 is 0 Å². The van der Waals surface area contributed by atoms with Gasteiger partial charge in [-0.1, -0.05) is 48.9 Å². The normalized spacial score (nSPS) is 12.4. The Bertz CT molecular complexity index is 567. The first-order valence-corrected chi connectivity index (χ1v) is 7.97. The van der Waals surface area contributed by atoms with Crippen LogP contribution in [0.1, 0.15) is 47.2 Å². The van der Waals surface area contributed by atoms with Gasteiger partial charge in [0.15, 0.2) is 0 Å². The molecule has 0 saturated heterocycles. The molecular weight excluding hydrogens is 278 g/mol. The first-order chi connectivity index (χ1) is 10.0. The van der Waals surface area contributed by atoms with Crippen LogP contribution in [-0.4, -0.2) is 6.54 Å². The molecule has 0 aliphatic heterocycles. The van der Waals surface area contributed by atoms with Gasteiger partial charge in [0.2, 0.25) is 0 Å². The van der Waals surface area contributed by atoms with E-state index < -0.39 is 0 Å². The molecule has 0 aliphatic carbocycles. The quantitative estimate of drug-likeness (QED) is 0.784. The fourth-order valence-electron chi connectivity index (χ4n) is 2.45. The van der Waals surface area contributed by atoms with Crippen molar-refractivity contribution in [2.45, 2.75) is 40.2 Å². The molecule has 0 amide bonds. The largest absolute Gasteiger partial charge is 0.306 e. The lowest BCUT2D eigenvalue weighted by atomic mass is 9.95. The molecule has 2 aromatic carbocycles. The molecule has 0 spiro atoms. The summed E-state index contributed by atoms with van der Waals surface area (Å²) in [6.07, 6.45) is 1.11. The summed E-state index contributed by atoms with van der Waals surface area (Å²) in [7, 11) is 0. The molecule has 1 nitrogen and oxygen atoms in total. The zero-order chi connectivity index (χ0) is 15.4. The zero-order valence-corrected chi connectivity index (χ0v) is 14.1. The van der Waals surface area contributed by atoms with E-state index in [1.807, 2.05) is 6.92 Å². The highest BCUT2D eigenvalue weighted by Crippen LogP contribution is 2.27. The number of halogens is 1. The lowest BCUT2D eigenvalue weighted by molar-refractivity contribution is 0.598. The van der Waals surface area contributed by atoms with Crippen LogP contribution in [0.5, 0.6) is 0 Å². The lowest BCUT2D eigenvalue weighted by Gasteiger charge is -2.21. The van der Waals surface area contributed by atoms with Crippen LogP contribution in [0.25, 0.3) is 0 Å². The zero-order valence-electron chi connectivity index (χ0n) is 13.3. The van der Waals surface area contributed by atoms with E-state index in [9.17, 15) is 0 Å². The maximum absolute atomic E-state index is 6.31. The molecule has 2 aromatic rings. The molecule has 0 radical (unpaired) electrons. The Hall–Kier alpha value is -1.31. The van der Waals surface area contributed by atoms with Gasteiger partial charge < -0.3 is 5.32 Å². The minimum absolute atomic E-state index is 0.197. The first kappa shape index (κ1) is 16.1. The molecule has 1 atom stereocenters. The summed E-state index contributed by atoms with van der Waals surface area (Å²) in [5.41, 5.74) is 6.30. The van der Waals surface area contributed by atoms with Crippen LogP contribution in [0, 0.1) is 20.8 Å². The van der Waals surface area contributed by atoms with Gasteiger partial charge in [-0.3, -0.25) is 0 Å². The summed E-state index contributed by atoms with van der Waals surface area (Å²) in [6, 6.07) is 13.2. The van der Waals surface area contributed by atoms with Crippen molar-refractivity contribution in [3.05, 3.63) is 69.2 Å². The van der Waals surface area contributed by atoms with Gasteiger partial charge in [0.25, 0.3) is 0 Å². The number of aryl methyl sites for hydroxylation is 3. The monoisotopic (exact) mass is 301 g/mol. The molecule has 2 heteroatoms. The molecule has 0 saturated carbocycles. The van der Waals surface area contributed by atoms with Crippen molar-refractivity contribution in [3.8, 4) is 0 Å². The van der Waals surface area contributed by atoms with E-state index in [1.54, 1.807) is 0 Å². The SMILES string of the molecule is CCCNC(c1ccc(C)c(C)c1)c1ccc(C)c(Cl)c1. The van der Waals surface area contributed by atoms with Crippen LogP contribution in [-0.2, 0) is 0 Å². The molecule has 1 N–H and O–H groups in total. The predicted molar refractivity (Wildman–Crippen MR) is 92.2 cm³/mol. The number of hydrogen-bond donors (Lipinski definition) is 1. The highest BCUT2D eigenvalue weighted by molar-refractivity contribution is 6.31. The van der Waals surface area contributed by atoms with E-state index in [0.29, 0.717) is 0 Å². The molecule has 1 unspecified atom stereocenters. The predicted octanol–water partition coefficient (Wildman–Crippen LogP) is 5.35. The third-order valence-electron chi connectivity index (χ3n) is 3.99. The molecule has 0 heterocycles. The Morgan fingerprint density at radius 3 is 2.10 bits per heavy atom. The maximum atomic E-state index is 6.31. The van der Waals surface area contributed by atoms with Gasteiger partial charge in [-0.05, 0) is 67.6 Å². The number of hydrogen-bond acceptors (Lipinski definition) is 1. The fourth-order valence-corrected chi connectivity index (χ4v) is 2.64. The van der Waals surface area contributed by atoms with Gasteiger partial charge in [0.05, 0.1) is 6.04 Å². The number of nitrogens with one attached hydrogen (secondary N) is 1. The summed E-state index contributed by atoms with van der Waals surface area (Å²) < 4.78 is 0. The topological polar surface area (TPSA) is 12.0 Å². The third kappa shape index (κ3) is 3.87. The van der Waals surface area contributed by atoms with Crippen molar-refractivity contribution in [2.24, 2.45) is 0 Å². The van der Waals surface area contributed by atoms with Gasteiger partial charge in [-0.2, -0.15) is 0 Å². The Kier molecular flexibility index (Phi) is 5.44. The molecule has 2 rings (SSSR count). The van der Waals surface area contributed by atoms with Gasteiger partial charge in [0, 0.05) is 5.02 Å². The molecule has 0 bridgehead atoms. The van der Waals surface area contributed by atoms with Crippen LogP contribution < -0.4 is 5.32 Å². The number of benzene rings is 2. The summed E-state index contributed by atoms with van der Waals surface area (Å²) >= 11 is 6.31. The van der Waals surface area contributed by atoms with Crippen molar-refractivity contribution in [3.63, 3.8) is 0 Å². The van der Waals surface area contributed by atoms with Gasteiger partial charge in [-0.15, -0.1) is 0 Å². The van der Waals surface area contributed by atoms with E-state index in [1.165, 1.54) is 22.3 Å². The highest BCUT2D eigenvalue weighted by Gasteiger charge is 2.14. The minimum Gasteiger partial charge on any atom is -0.306 e. The lowest BCUT2D eigenvalue weighted by Crippen LogP contribution is -2.23. The molecule has 21 heavy (non-hydrogen) atoms. The highest BCUT2D eigenvalue weighted by atomic mass is 35.5. The summed E-state index contributed by atoms with van der Waals surface area (Å²) in [5.74, 6) is 0. The Morgan fingerprint density at radius 2 is 1.52 bits per heavy atom. The van der Waals surface area contributed by atoms with Crippen LogP contribution in [0.15, 0.2) is 36.4 Å². The number of rotatable bonds is 5. The van der Waals surface area contributed by atoms with Crippen LogP contribution in [0.2, 0.25) is 5.02 Å². The van der Waals surface area contributed by atoms with Crippen LogP contribution in [0.3, 0.4) is 0 Å².